The monoisotopic (exact) mass is 368 g/mol. The van der Waals surface area contributed by atoms with Gasteiger partial charge in [-0.05, 0) is 44.1 Å². The highest BCUT2D eigenvalue weighted by Gasteiger charge is 2.26. The summed E-state index contributed by atoms with van der Waals surface area (Å²) in [5.41, 5.74) is -0.0635. The summed E-state index contributed by atoms with van der Waals surface area (Å²) in [6.07, 6.45) is 1.42. The molecule has 1 aromatic rings. The second-order valence-corrected chi connectivity index (χ2v) is 6.90. The molecule has 0 saturated carbocycles. The molecule has 0 radical (unpaired) electrons. The molecule has 2 rings (SSSR count). The minimum absolute atomic E-state index is 0. The Kier molecular flexibility index (Phi) is 7.08. The van der Waals surface area contributed by atoms with Gasteiger partial charge in [-0.3, -0.25) is 0 Å². The highest BCUT2D eigenvalue weighted by atomic mass is 35.5. The number of halogens is 2. The molecular formula is C13H18Cl2N2O4S. The first kappa shape index (κ1) is 19.2. The number of carbonyl (C=O) groups excluding carboxylic acids is 1. The zero-order valence-electron chi connectivity index (χ0n) is 12.0. The molecule has 1 aliphatic heterocycles. The number of benzene rings is 1. The van der Waals surface area contributed by atoms with Crippen LogP contribution in [0.4, 0.5) is 0 Å². The maximum atomic E-state index is 12.5. The highest BCUT2D eigenvalue weighted by molar-refractivity contribution is 7.89. The van der Waals surface area contributed by atoms with E-state index in [1.807, 2.05) is 0 Å². The van der Waals surface area contributed by atoms with E-state index in [1.165, 1.54) is 25.3 Å². The number of esters is 1. The molecule has 0 unspecified atom stereocenters. The largest absolute Gasteiger partial charge is 0.465 e. The lowest BCUT2D eigenvalue weighted by Gasteiger charge is -2.23. The molecule has 0 atom stereocenters. The van der Waals surface area contributed by atoms with E-state index in [2.05, 4.69) is 14.8 Å². The minimum Gasteiger partial charge on any atom is -0.465 e. The van der Waals surface area contributed by atoms with Crippen LogP contribution < -0.4 is 10.0 Å². The summed E-state index contributed by atoms with van der Waals surface area (Å²) in [5.74, 6) is -0.733. The fourth-order valence-corrected chi connectivity index (χ4v) is 3.88. The molecule has 0 amide bonds. The van der Waals surface area contributed by atoms with Gasteiger partial charge in [-0.25, -0.2) is 17.9 Å². The van der Waals surface area contributed by atoms with E-state index in [0.717, 1.165) is 13.1 Å². The molecule has 1 fully saturated rings. The molecule has 1 heterocycles. The Morgan fingerprint density at radius 3 is 2.59 bits per heavy atom. The number of nitrogens with one attached hydrogen (secondary N) is 2. The molecular weight excluding hydrogens is 351 g/mol. The molecule has 2 N–H and O–H groups in total. The Morgan fingerprint density at radius 2 is 2.00 bits per heavy atom. The SMILES string of the molecule is COC(=O)c1cc(Cl)ccc1S(=O)(=O)NC1CCNCC1.Cl. The van der Waals surface area contributed by atoms with Gasteiger partial charge < -0.3 is 10.1 Å². The predicted molar refractivity (Wildman–Crippen MR) is 86.3 cm³/mol. The lowest BCUT2D eigenvalue weighted by Crippen LogP contribution is -2.42. The lowest BCUT2D eigenvalue weighted by atomic mass is 10.1. The Balaban J connectivity index is 0.00000242. The second kappa shape index (κ2) is 8.12. The summed E-state index contributed by atoms with van der Waals surface area (Å²) in [6, 6.07) is 3.91. The van der Waals surface area contributed by atoms with Gasteiger partial charge in [-0.1, -0.05) is 11.6 Å². The summed E-state index contributed by atoms with van der Waals surface area (Å²) in [5, 5.41) is 3.43. The first-order chi connectivity index (χ1) is 9.94. The minimum atomic E-state index is -3.80. The van der Waals surface area contributed by atoms with Crippen molar-refractivity contribution < 1.29 is 17.9 Å². The fourth-order valence-electron chi connectivity index (χ4n) is 2.23. The molecule has 0 bridgehead atoms. The van der Waals surface area contributed by atoms with Gasteiger partial charge in [0.15, 0.2) is 0 Å². The molecule has 124 valence electrons. The molecule has 0 spiro atoms. The predicted octanol–water partition coefficient (Wildman–Crippen LogP) is 1.58. The van der Waals surface area contributed by atoms with Crippen molar-refractivity contribution in [1.29, 1.82) is 0 Å². The quantitative estimate of drug-likeness (QED) is 0.788. The van der Waals surface area contributed by atoms with Crippen molar-refractivity contribution in [3.05, 3.63) is 28.8 Å². The topological polar surface area (TPSA) is 84.5 Å². The third-order valence-electron chi connectivity index (χ3n) is 3.30. The van der Waals surface area contributed by atoms with Gasteiger partial charge in [0.05, 0.1) is 17.6 Å². The van der Waals surface area contributed by atoms with Crippen LogP contribution in [0.5, 0.6) is 0 Å². The number of rotatable bonds is 4. The van der Waals surface area contributed by atoms with E-state index in [1.54, 1.807) is 0 Å². The standard InChI is InChI=1S/C13H17ClN2O4S.ClH/c1-20-13(17)11-8-9(14)2-3-12(11)21(18,19)16-10-4-6-15-7-5-10;/h2-3,8,10,15-16H,4-7H2,1H3;1H. The zero-order valence-corrected chi connectivity index (χ0v) is 14.4. The second-order valence-electron chi connectivity index (χ2n) is 4.78. The van der Waals surface area contributed by atoms with Crippen molar-refractivity contribution >= 4 is 40.0 Å². The fraction of sp³-hybridized carbons (Fsp3) is 0.462. The first-order valence-electron chi connectivity index (χ1n) is 6.55. The molecule has 0 aromatic heterocycles. The number of sulfonamides is 1. The van der Waals surface area contributed by atoms with Crippen molar-refractivity contribution in [3.8, 4) is 0 Å². The van der Waals surface area contributed by atoms with Gasteiger partial charge >= 0.3 is 5.97 Å². The van der Waals surface area contributed by atoms with E-state index < -0.39 is 16.0 Å². The van der Waals surface area contributed by atoms with Crippen LogP contribution in [0, 0.1) is 0 Å². The molecule has 0 aliphatic carbocycles. The number of ether oxygens (including phenoxy) is 1. The van der Waals surface area contributed by atoms with E-state index in [4.69, 9.17) is 11.6 Å². The molecule has 1 aromatic carbocycles. The summed E-state index contributed by atoms with van der Waals surface area (Å²) >= 11 is 5.83. The van der Waals surface area contributed by atoms with Gasteiger partial charge in [0, 0.05) is 11.1 Å². The normalized spacial score (nSPS) is 15.9. The average molecular weight is 369 g/mol. The van der Waals surface area contributed by atoms with Crippen molar-refractivity contribution in [3.63, 3.8) is 0 Å². The smallest absolute Gasteiger partial charge is 0.339 e. The van der Waals surface area contributed by atoms with Gasteiger partial charge in [0.2, 0.25) is 10.0 Å². The zero-order chi connectivity index (χ0) is 15.5. The summed E-state index contributed by atoms with van der Waals surface area (Å²) in [6.45, 7) is 1.52. The van der Waals surface area contributed by atoms with Crippen LogP contribution in [-0.4, -0.2) is 40.6 Å². The molecule has 1 aliphatic rings. The van der Waals surface area contributed by atoms with Crippen LogP contribution in [0.3, 0.4) is 0 Å². The number of hydrogen-bond donors (Lipinski definition) is 2. The van der Waals surface area contributed by atoms with E-state index >= 15 is 0 Å². The number of piperidine rings is 1. The summed E-state index contributed by atoms with van der Waals surface area (Å²) < 4.78 is 32.2. The maximum absolute atomic E-state index is 12.5. The molecule has 1 saturated heterocycles. The van der Waals surface area contributed by atoms with Crippen molar-refractivity contribution in [2.75, 3.05) is 20.2 Å². The molecule has 22 heavy (non-hydrogen) atoms. The van der Waals surface area contributed by atoms with Crippen molar-refractivity contribution in [2.24, 2.45) is 0 Å². The van der Waals surface area contributed by atoms with Gasteiger partial charge in [0.1, 0.15) is 0 Å². The number of carbonyl (C=O) groups is 1. The van der Waals surface area contributed by atoms with Gasteiger partial charge in [-0.2, -0.15) is 0 Å². The van der Waals surface area contributed by atoms with E-state index in [-0.39, 0.29) is 33.9 Å². The Bertz CT molecular complexity index is 631. The van der Waals surface area contributed by atoms with Crippen LogP contribution in [0.2, 0.25) is 5.02 Å². The summed E-state index contributed by atoms with van der Waals surface area (Å²) in [4.78, 5) is 11.6. The average Bonchev–Trinajstić information content (AvgIpc) is 2.46. The van der Waals surface area contributed by atoms with Crippen molar-refractivity contribution in [1.82, 2.24) is 10.0 Å². The third-order valence-corrected chi connectivity index (χ3v) is 5.11. The van der Waals surface area contributed by atoms with Crippen LogP contribution in [0.1, 0.15) is 23.2 Å². The van der Waals surface area contributed by atoms with Crippen LogP contribution in [0.25, 0.3) is 0 Å². The van der Waals surface area contributed by atoms with E-state index in [0.29, 0.717) is 12.8 Å². The number of methoxy groups -OCH3 is 1. The Morgan fingerprint density at radius 1 is 1.36 bits per heavy atom. The Hall–Kier alpha value is -0.860. The maximum Gasteiger partial charge on any atom is 0.339 e. The van der Waals surface area contributed by atoms with Gasteiger partial charge in [0.25, 0.3) is 0 Å². The van der Waals surface area contributed by atoms with E-state index in [9.17, 15) is 13.2 Å². The first-order valence-corrected chi connectivity index (χ1v) is 8.41. The van der Waals surface area contributed by atoms with Crippen LogP contribution in [0.15, 0.2) is 23.1 Å². The van der Waals surface area contributed by atoms with Crippen LogP contribution in [-0.2, 0) is 14.8 Å². The third kappa shape index (κ3) is 4.57. The molecule has 6 nitrogen and oxygen atoms in total. The number of hydrogen-bond acceptors (Lipinski definition) is 5. The molecule has 9 heteroatoms. The van der Waals surface area contributed by atoms with Crippen molar-refractivity contribution in [2.45, 2.75) is 23.8 Å². The lowest BCUT2D eigenvalue weighted by molar-refractivity contribution is 0.0596. The Labute approximate surface area is 141 Å². The van der Waals surface area contributed by atoms with Crippen LogP contribution >= 0.6 is 24.0 Å². The highest BCUT2D eigenvalue weighted by Crippen LogP contribution is 2.22. The summed E-state index contributed by atoms with van der Waals surface area (Å²) in [7, 11) is -2.61. The van der Waals surface area contributed by atoms with Gasteiger partial charge in [-0.15, -0.1) is 12.4 Å².